The monoisotopic (exact) mass is 335 g/mol. The summed E-state index contributed by atoms with van der Waals surface area (Å²) >= 11 is 0. The predicted octanol–water partition coefficient (Wildman–Crippen LogP) is 2.45. The Hall–Kier alpha value is -2.08. The van der Waals surface area contributed by atoms with Crippen LogP contribution < -0.4 is 10.1 Å². The zero-order valence-corrected chi connectivity index (χ0v) is 14.4. The molecule has 2 atom stereocenters. The molecule has 1 aromatic carbocycles. The lowest BCUT2D eigenvalue weighted by Crippen LogP contribution is -2.41. The van der Waals surface area contributed by atoms with Gasteiger partial charge >= 0.3 is 5.97 Å². The van der Waals surface area contributed by atoms with Gasteiger partial charge in [0.05, 0.1) is 6.10 Å². The molecule has 2 N–H and O–H groups in total. The molecule has 6 heteroatoms. The number of carboxylic acids is 1. The number of benzene rings is 1. The fourth-order valence-corrected chi connectivity index (χ4v) is 3.01. The maximum Gasteiger partial charge on any atom is 0.341 e. The van der Waals surface area contributed by atoms with Crippen molar-refractivity contribution in [1.82, 2.24) is 5.32 Å². The number of hydrogen-bond acceptors (Lipinski definition) is 4. The molecule has 2 rings (SSSR count). The van der Waals surface area contributed by atoms with Gasteiger partial charge in [-0.25, -0.2) is 4.79 Å². The predicted molar refractivity (Wildman–Crippen MR) is 89.6 cm³/mol. The van der Waals surface area contributed by atoms with Gasteiger partial charge in [-0.3, -0.25) is 4.79 Å². The zero-order valence-electron chi connectivity index (χ0n) is 14.4. The lowest BCUT2D eigenvalue weighted by Gasteiger charge is -2.29. The van der Waals surface area contributed by atoms with Gasteiger partial charge in [0, 0.05) is 18.2 Å². The number of carbonyl (C=O) groups is 2. The summed E-state index contributed by atoms with van der Waals surface area (Å²) in [6.45, 7) is 5.97. The molecular weight excluding hydrogens is 310 g/mol. The van der Waals surface area contributed by atoms with Gasteiger partial charge in [0.15, 0.2) is 6.61 Å². The number of aliphatic carboxylic acids is 1. The average Bonchev–Trinajstić information content (AvgIpc) is 2.53. The second-order valence-electron chi connectivity index (χ2n) is 6.22. The molecule has 1 heterocycles. The first-order valence-electron chi connectivity index (χ1n) is 8.29. The number of rotatable bonds is 6. The van der Waals surface area contributed by atoms with Crippen molar-refractivity contribution in [2.45, 2.75) is 52.2 Å². The number of nitrogens with one attached hydrogen (secondary N) is 1. The minimum Gasteiger partial charge on any atom is -0.481 e. The van der Waals surface area contributed by atoms with Gasteiger partial charge in [-0.1, -0.05) is 6.92 Å². The summed E-state index contributed by atoms with van der Waals surface area (Å²) in [6, 6.07) is 3.59. The number of ether oxygens (including phenoxy) is 2. The first-order chi connectivity index (χ1) is 11.4. The molecule has 1 amide bonds. The molecule has 1 saturated heterocycles. The van der Waals surface area contributed by atoms with E-state index < -0.39 is 12.6 Å². The van der Waals surface area contributed by atoms with Crippen LogP contribution in [0.15, 0.2) is 12.1 Å². The van der Waals surface area contributed by atoms with Crippen molar-refractivity contribution in [2.24, 2.45) is 0 Å². The molecule has 0 aromatic heterocycles. The van der Waals surface area contributed by atoms with Crippen molar-refractivity contribution < 1.29 is 24.2 Å². The van der Waals surface area contributed by atoms with Crippen LogP contribution in [-0.4, -0.2) is 42.3 Å². The van der Waals surface area contributed by atoms with E-state index in [9.17, 15) is 9.59 Å². The molecule has 0 bridgehead atoms. The van der Waals surface area contributed by atoms with E-state index in [2.05, 4.69) is 12.2 Å². The molecule has 6 nitrogen and oxygen atoms in total. The molecule has 132 valence electrons. The van der Waals surface area contributed by atoms with E-state index in [0.717, 1.165) is 30.4 Å². The molecule has 0 saturated carbocycles. The molecule has 0 unspecified atom stereocenters. The van der Waals surface area contributed by atoms with Crippen LogP contribution in [0.1, 0.15) is 47.7 Å². The summed E-state index contributed by atoms with van der Waals surface area (Å²) in [6.07, 6.45) is 2.81. The molecule has 1 aliphatic rings. The fraction of sp³-hybridized carbons (Fsp3) is 0.556. The topological polar surface area (TPSA) is 84.9 Å². The Bertz CT molecular complexity index is 590. The minimum absolute atomic E-state index is 0.118. The van der Waals surface area contributed by atoms with E-state index >= 15 is 0 Å². The lowest BCUT2D eigenvalue weighted by molar-refractivity contribution is -0.139. The number of carbonyl (C=O) groups excluding carboxylic acids is 1. The maximum absolute atomic E-state index is 12.5. The summed E-state index contributed by atoms with van der Waals surface area (Å²) in [4.78, 5) is 23.1. The fourth-order valence-electron chi connectivity index (χ4n) is 3.01. The Labute approximate surface area is 142 Å². The highest BCUT2D eigenvalue weighted by Gasteiger charge is 2.23. The van der Waals surface area contributed by atoms with Gasteiger partial charge in [-0.05, 0) is 56.4 Å². The maximum atomic E-state index is 12.5. The van der Waals surface area contributed by atoms with Crippen LogP contribution in [0.2, 0.25) is 0 Å². The largest absolute Gasteiger partial charge is 0.481 e. The molecule has 0 radical (unpaired) electrons. The Morgan fingerprint density at radius 1 is 1.33 bits per heavy atom. The van der Waals surface area contributed by atoms with E-state index in [1.165, 1.54) is 0 Å². The summed E-state index contributed by atoms with van der Waals surface area (Å²) in [5, 5.41) is 11.8. The highest BCUT2D eigenvalue weighted by Crippen LogP contribution is 2.25. The first-order valence-corrected chi connectivity index (χ1v) is 8.29. The van der Waals surface area contributed by atoms with Crippen LogP contribution in [0.5, 0.6) is 5.75 Å². The van der Waals surface area contributed by atoms with Crippen LogP contribution in [0.4, 0.5) is 0 Å². The molecule has 1 aromatic rings. The SMILES string of the molecule is CC[C@H]1C[C@@H](NC(=O)c2cc(C)c(OCC(=O)O)c(C)c2)CCO1. The molecule has 0 spiro atoms. The Morgan fingerprint density at radius 3 is 2.58 bits per heavy atom. The van der Waals surface area contributed by atoms with Crippen molar-refractivity contribution in [2.75, 3.05) is 13.2 Å². The van der Waals surface area contributed by atoms with Gasteiger partial charge in [0.2, 0.25) is 0 Å². The average molecular weight is 335 g/mol. The molecule has 24 heavy (non-hydrogen) atoms. The molecule has 1 fully saturated rings. The summed E-state index contributed by atoms with van der Waals surface area (Å²) in [7, 11) is 0. The van der Waals surface area contributed by atoms with Crippen LogP contribution >= 0.6 is 0 Å². The number of hydrogen-bond donors (Lipinski definition) is 2. The second kappa shape index (κ2) is 8.15. The normalized spacial score (nSPS) is 20.5. The highest BCUT2D eigenvalue weighted by molar-refractivity contribution is 5.95. The van der Waals surface area contributed by atoms with Crippen molar-refractivity contribution in [3.8, 4) is 5.75 Å². The highest BCUT2D eigenvalue weighted by atomic mass is 16.5. The standard InChI is InChI=1S/C18H25NO5/c1-4-15-9-14(5-6-23-15)19-18(22)13-7-11(2)17(12(3)8-13)24-10-16(20)21/h7-8,14-15H,4-6,9-10H2,1-3H3,(H,19,22)(H,20,21)/t14-,15-/m0/s1. The van der Waals surface area contributed by atoms with Crippen LogP contribution in [0.25, 0.3) is 0 Å². The number of carboxylic acid groups (broad SMARTS) is 1. The van der Waals surface area contributed by atoms with Crippen LogP contribution in [0, 0.1) is 13.8 Å². The summed E-state index contributed by atoms with van der Waals surface area (Å²) in [5.74, 6) is -0.626. The van der Waals surface area contributed by atoms with E-state index in [1.54, 1.807) is 12.1 Å². The third-order valence-electron chi connectivity index (χ3n) is 4.22. The van der Waals surface area contributed by atoms with Gasteiger partial charge in [0.1, 0.15) is 5.75 Å². The summed E-state index contributed by atoms with van der Waals surface area (Å²) < 4.78 is 10.9. The molecular formula is C18H25NO5. The Morgan fingerprint density at radius 2 is 2.00 bits per heavy atom. The molecule has 0 aliphatic carbocycles. The summed E-state index contributed by atoms with van der Waals surface area (Å²) in [5.41, 5.74) is 2.06. The third-order valence-corrected chi connectivity index (χ3v) is 4.22. The van der Waals surface area contributed by atoms with Crippen molar-refractivity contribution in [1.29, 1.82) is 0 Å². The van der Waals surface area contributed by atoms with Crippen LogP contribution in [-0.2, 0) is 9.53 Å². The zero-order chi connectivity index (χ0) is 17.7. The van der Waals surface area contributed by atoms with Gasteiger partial charge in [0.25, 0.3) is 5.91 Å². The lowest BCUT2D eigenvalue weighted by atomic mass is 10.00. The smallest absolute Gasteiger partial charge is 0.341 e. The number of aryl methyl sites for hydroxylation is 2. The van der Waals surface area contributed by atoms with E-state index in [1.807, 2.05) is 13.8 Å². The quantitative estimate of drug-likeness (QED) is 0.834. The van der Waals surface area contributed by atoms with E-state index in [0.29, 0.717) is 17.9 Å². The van der Waals surface area contributed by atoms with Gasteiger partial charge in [-0.15, -0.1) is 0 Å². The van der Waals surface area contributed by atoms with E-state index in [-0.39, 0.29) is 18.1 Å². The number of amides is 1. The van der Waals surface area contributed by atoms with Crippen LogP contribution in [0.3, 0.4) is 0 Å². The van der Waals surface area contributed by atoms with Crippen molar-refractivity contribution in [3.05, 3.63) is 28.8 Å². The van der Waals surface area contributed by atoms with Gasteiger partial charge in [-0.2, -0.15) is 0 Å². The first kappa shape index (κ1) is 18.3. The Kier molecular flexibility index (Phi) is 6.20. The Balaban J connectivity index is 2.05. The van der Waals surface area contributed by atoms with Crippen molar-refractivity contribution in [3.63, 3.8) is 0 Å². The molecule has 1 aliphatic heterocycles. The minimum atomic E-state index is -1.03. The van der Waals surface area contributed by atoms with Crippen molar-refractivity contribution >= 4 is 11.9 Å². The second-order valence-corrected chi connectivity index (χ2v) is 6.22. The third kappa shape index (κ3) is 4.71. The van der Waals surface area contributed by atoms with Gasteiger partial charge < -0.3 is 19.9 Å². The van der Waals surface area contributed by atoms with E-state index in [4.69, 9.17) is 14.6 Å².